The van der Waals surface area contributed by atoms with Crippen molar-refractivity contribution in [3.8, 4) is 5.75 Å². The van der Waals surface area contributed by atoms with Crippen molar-refractivity contribution in [1.29, 1.82) is 0 Å². The highest BCUT2D eigenvalue weighted by atomic mass is 32.1. The van der Waals surface area contributed by atoms with Crippen LogP contribution >= 0.6 is 12.2 Å². The third-order valence-corrected chi connectivity index (χ3v) is 3.68. The maximum absolute atomic E-state index is 14.2. The minimum atomic E-state index is -4.76. The van der Waals surface area contributed by atoms with E-state index in [9.17, 15) is 22.0 Å². The first-order chi connectivity index (χ1) is 12.1. The summed E-state index contributed by atoms with van der Waals surface area (Å²) in [5, 5.41) is 1.79. The van der Waals surface area contributed by atoms with E-state index < -0.39 is 29.2 Å². The van der Waals surface area contributed by atoms with Crippen LogP contribution in [0.1, 0.15) is 16.7 Å². The Morgan fingerprint density at radius 1 is 1.23 bits per heavy atom. The SMILES string of the molecule is COc1ccc(F)c(CCc2ccnc(NC(N)=S)c2C(F)(F)F)c1F. The van der Waals surface area contributed by atoms with E-state index in [4.69, 9.17) is 10.5 Å². The van der Waals surface area contributed by atoms with E-state index >= 15 is 0 Å². The number of aryl methyl sites for hydroxylation is 1. The predicted molar refractivity (Wildman–Crippen MR) is 90.0 cm³/mol. The first-order valence-electron chi connectivity index (χ1n) is 7.27. The summed E-state index contributed by atoms with van der Waals surface area (Å²) in [6.45, 7) is 0. The summed E-state index contributed by atoms with van der Waals surface area (Å²) in [6.07, 6.45) is -4.23. The molecule has 0 saturated heterocycles. The zero-order valence-electron chi connectivity index (χ0n) is 13.5. The maximum atomic E-state index is 14.2. The van der Waals surface area contributed by atoms with Crippen molar-refractivity contribution in [3.63, 3.8) is 0 Å². The Bertz CT molecular complexity index is 826. The fourth-order valence-electron chi connectivity index (χ4n) is 2.46. The summed E-state index contributed by atoms with van der Waals surface area (Å²) in [5.41, 5.74) is 3.57. The third kappa shape index (κ3) is 4.37. The zero-order chi connectivity index (χ0) is 19.5. The van der Waals surface area contributed by atoms with Gasteiger partial charge in [-0.25, -0.2) is 13.8 Å². The van der Waals surface area contributed by atoms with Crippen LogP contribution in [-0.4, -0.2) is 17.2 Å². The molecule has 140 valence electrons. The van der Waals surface area contributed by atoms with Gasteiger partial charge in [-0.1, -0.05) is 0 Å². The molecule has 1 aromatic carbocycles. The van der Waals surface area contributed by atoms with Gasteiger partial charge >= 0.3 is 6.18 Å². The molecule has 2 aromatic rings. The van der Waals surface area contributed by atoms with Gasteiger partial charge in [0.15, 0.2) is 16.7 Å². The largest absolute Gasteiger partial charge is 0.494 e. The number of hydrogen-bond acceptors (Lipinski definition) is 3. The summed E-state index contributed by atoms with van der Waals surface area (Å²) in [5.74, 6) is -2.57. The second kappa shape index (κ2) is 7.81. The molecule has 26 heavy (non-hydrogen) atoms. The van der Waals surface area contributed by atoms with E-state index in [1.807, 2.05) is 0 Å². The van der Waals surface area contributed by atoms with Crippen LogP contribution in [0.5, 0.6) is 5.75 Å². The molecule has 1 aromatic heterocycles. The lowest BCUT2D eigenvalue weighted by molar-refractivity contribution is -0.137. The Hall–Kier alpha value is -2.49. The number of alkyl halides is 3. The lowest BCUT2D eigenvalue weighted by atomic mass is 9.99. The number of benzene rings is 1. The molecule has 0 unspecified atom stereocenters. The Balaban J connectivity index is 2.41. The van der Waals surface area contributed by atoms with Gasteiger partial charge in [-0.3, -0.25) is 0 Å². The van der Waals surface area contributed by atoms with Crippen molar-refractivity contribution in [2.24, 2.45) is 5.73 Å². The maximum Gasteiger partial charge on any atom is 0.420 e. The van der Waals surface area contributed by atoms with Crippen molar-refractivity contribution in [1.82, 2.24) is 4.98 Å². The molecule has 0 fully saturated rings. The average molecular weight is 391 g/mol. The molecule has 0 aliphatic heterocycles. The number of nitrogens with one attached hydrogen (secondary N) is 1. The van der Waals surface area contributed by atoms with Gasteiger partial charge in [0, 0.05) is 11.8 Å². The molecule has 0 bridgehead atoms. The van der Waals surface area contributed by atoms with Crippen LogP contribution in [0.4, 0.5) is 27.8 Å². The van der Waals surface area contributed by atoms with Crippen molar-refractivity contribution in [2.45, 2.75) is 19.0 Å². The molecule has 0 aliphatic rings. The van der Waals surface area contributed by atoms with Gasteiger partial charge in [-0.05, 0) is 48.8 Å². The fraction of sp³-hybridized carbons (Fsp3) is 0.250. The molecule has 1 heterocycles. The van der Waals surface area contributed by atoms with E-state index in [0.717, 1.165) is 24.4 Å². The monoisotopic (exact) mass is 391 g/mol. The summed E-state index contributed by atoms with van der Waals surface area (Å²) in [4.78, 5) is 3.60. The van der Waals surface area contributed by atoms with E-state index in [2.05, 4.69) is 22.5 Å². The van der Waals surface area contributed by atoms with E-state index in [0.29, 0.717) is 0 Å². The Morgan fingerprint density at radius 2 is 1.92 bits per heavy atom. The number of nitrogens with two attached hydrogens (primary N) is 1. The Morgan fingerprint density at radius 3 is 2.50 bits per heavy atom. The first kappa shape index (κ1) is 19.8. The molecule has 0 aliphatic carbocycles. The minimum absolute atomic E-state index is 0.192. The second-order valence-corrected chi connectivity index (χ2v) is 5.66. The van der Waals surface area contributed by atoms with Gasteiger partial charge in [-0.15, -0.1) is 0 Å². The van der Waals surface area contributed by atoms with Crippen LogP contribution in [0.2, 0.25) is 0 Å². The molecule has 0 radical (unpaired) electrons. The number of halogens is 5. The standard InChI is InChI=1S/C16H14F5N3OS/c1-25-11-5-4-10(17)9(13(11)18)3-2-8-6-7-23-14(24-15(22)26)12(8)16(19,20)21/h4-7H,2-3H2,1H3,(H3,22,23,24,26). The predicted octanol–water partition coefficient (Wildman–Crippen LogP) is 3.83. The van der Waals surface area contributed by atoms with Gasteiger partial charge in [0.2, 0.25) is 0 Å². The molecule has 0 atom stereocenters. The van der Waals surface area contributed by atoms with Gasteiger partial charge in [0.1, 0.15) is 17.2 Å². The average Bonchev–Trinajstić information content (AvgIpc) is 2.53. The summed E-state index contributed by atoms with van der Waals surface area (Å²) in [6, 6.07) is 3.23. The van der Waals surface area contributed by atoms with Crippen molar-refractivity contribution >= 4 is 23.1 Å². The first-order valence-corrected chi connectivity index (χ1v) is 7.68. The minimum Gasteiger partial charge on any atom is -0.494 e. The number of pyridine rings is 1. The highest BCUT2D eigenvalue weighted by Gasteiger charge is 2.37. The summed E-state index contributed by atoms with van der Waals surface area (Å²) >= 11 is 4.55. The number of aromatic nitrogens is 1. The number of nitrogens with zero attached hydrogens (tertiary/aromatic N) is 1. The van der Waals surface area contributed by atoms with Crippen LogP contribution in [0.3, 0.4) is 0 Å². The number of anilines is 1. The van der Waals surface area contributed by atoms with Crippen LogP contribution in [0, 0.1) is 11.6 Å². The zero-order valence-corrected chi connectivity index (χ0v) is 14.3. The molecule has 0 saturated carbocycles. The molecular formula is C16H14F5N3OS. The van der Waals surface area contributed by atoms with E-state index in [1.165, 1.54) is 7.11 Å². The molecule has 4 nitrogen and oxygen atoms in total. The van der Waals surface area contributed by atoms with Crippen LogP contribution in [0.15, 0.2) is 24.4 Å². The molecule has 10 heteroatoms. The number of hydrogen-bond donors (Lipinski definition) is 2. The highest BCUT2D eigenvalue weighted by Crippen LogP contribution is 2.37. The topological polar surface area (TPSA) is 60.2 Å². The fourth-order valence-corrected chi connectivity index (χ4v) is 2.56. The van der Waals surface area contributed by atoms with Gasteiger partial charge in [0.25, 0.3) is 0 Å². The van der Waals surface area contributed by atoms with Crippen LogP contribution in [0.25, 0.3) is 0 Å². The van der Waals surface area contributed by atoms with Crippen molar-refractivity contribution < 1.29 is 26.7 Å². The molecule has 0 amide bonds. The number of ether oxygens (including phenoxy) is 1. The molecular weight excluding hydrogens is 377 g/mol. The molecule has 2 rings (SSSR count). The molecule has 3 N–H and O–H groups in total. The number of methoxy groups -OCH3 is 1. The van der Waals surface area contributed by atoms with Crippen molar-refractivity contribution in [3.05, 3.63) is 52.7 Å². The lowest BCUT2D eigenvalue weighted by Crippen LogP contribution is -2.23. The normalized spacial score (nSPS) is 11.3. The number of rotatable bonds is 5. The Kier molecular flexibility index (Phi) is 5.96. The Labute approximate surface area is 151 Å². The van der Waals surface area contributed by atoms with Crippen molar-refractivity contribution in [2.75, 3.05) is 12.4 Å². The number of thiocarbonyl (C=S) groups is 1. The summed E-state index contributed by atoms with van der Waals surface area (Å²) < 4.78 is 73.1. The molecule has 0 spiro atoms. The van der Waals surface area contributed by atoms with E-state index in [1.54, 1.807) is 0 Å². The van der Waals surface area contributed by atoms with Gasteiger partial charge in [0.05, 0.1) is 7.11 Å². The van der Waals surface area contributed by atoms with Crippen LogP contribution < -0.4 is 15.8 Å². The second-order valence-electron chi connectivity index (χ2n) is 5.22. The summed E-state index contributed by atoms with van der Waals surface area (Å²) in [7, 11) is 1.21. The lowest BCUT2D eigenvalue weighted by Gasteiger charge is -2.17. The van der Waals surface area contributed by atoms with E-state index in [-0.39, 0.29) is 34.8 Å². The quantitative estimate of drug-likeness (QED) is 0.599. The smallest absolute Gasteiger partial charge is 0.420 e. The van der Waals surface area contributed by atoms with Crippen LogP contribution in [-0.2, 0) is 19.0 Å². The van der Waals surface area contributed by atoms with Gasteiger partial charge < -0.3 is 15.8 Å². The highest BCUT2D eigenvalue weighted by molar-refractivity contribution is 7.80. The van der Waals surface area contributed by atoms with Gasteiger partial charge in [-0.2, -0.15) is 13.2 Å². The third-order valence-electron chi connectivity index (χ3n) is 3.58.